The largest absolute Gasteiger partial charge is 0.493 e. The Morgan fingerprint density at radius 2 is 1.97 bits per heavy atom. The summed E-state index contributed by atoms with van der Waals surface area (Å²) < 4.78 is 53.7. The number of benzene rings is 1. The summed E-state index contributed by atoms with van der Waals surface area (Å²) in [6, 6.07) is 4.78. The van der Waals surface area contributed by atoms with Crippen LogP contribution in [0.2, 0.25) is 0 Å². The van der Waals surface area contributed by atoms with E-state index in [9.17, 15) is 18.0 Å². The number of thioether (sulfide) groups is 1. The van der Waals surface area contributed by atoms with E-state index >= 15 is 0 Å². The Kier molecular flexibility index (Phi) is 8.29. The standard InChI is InChI=1S/C21H28F3N3O4S/c1-4-17-19(14-6-7-15(29-3)16(12-14)31-13-21(22,23)24)25-27(20(28)32-17)18(5-2)26-8-10-30-11-9-26/h6-7,12,17-18H,4-5,8-11,13H2,1-3H3. The molecule has 0 aromatic heterocycles. The van der Waals surface area contributed by atoms with Gasteiger partial charge >= 0.3 is 11.4 Å². The molecule has 178 valence electrons. The molecule has 0 N–H and O–H groups in total. The number of ether oxygens (including phenoxy) is 3. The molecule has 2 unspecified atom stereocenters. The molecule has 2 aliphatic heterocycles. The number of methoxy groups -OCH3 is 1. The lowest BCUT2D eigenvalue weighted by atomic mass is 10.0. The first-order valence-corrected chi connectivity index (χ1v) is 11.4. The van der Waals surface area contributed by atoms with Crippen molar-refractivity contribution < 1.29 is 32.2 Å². The molecule has 1 aromatic rings. The van der Waals surface area contributed by atoms with Gasteiger partial charge in [0.2, 0.25) is 0 Å². The molecule has 1 aromatic carbocycles. The molecule has 32 heavy (non-hydrogen) atoms. The zero-order valence-corrected chi connectivity index (χ0v) is 19.2. The SMILES string of the molecule is CCC1SC(=O)N(C(CC)N2CCOCC2)N=C1c1ccc(OC)c(OCC(F)(F)F)c1. The highest BCUT2D eigenvalue weighted by Crippen LogP contribution is 2.35. The normalized spacial score (nSPS) is 21.3. The second-order valence-electron chi connectivity index (χ2n) is 7.42. The van der Waals surface area contributed by atoms with Gasteiger partial charge in [-0.15, -0.1) is 0 Å². The zero-order valence-electron chi connectivity index (χ0n) is 18.4. The van der Waals surface area contributed by atoms with Gasteiger partial charge < -0.3 is 14.2 Å². The van der Waals surface area contributed by atoms with Gasteiger partial charge in [-0.25, -0.2) is 5.01 Å². The number of halogens is 3. The summed E-state index contributed by atoms with van der Waals surface area (Å²) in [6.45, 7) is 5.11. The van der Waals surface area contributed by atoms with Gasteiger partial charge in [-0.3, -0.25) is 9.69 Å². The molecule has 1 fully saturated rings. The molecule has 3 rings (SSSR count). The molecule has 0 aliphatic carbocycles. The van der Waals surface area contributed by atoms with Gasteiger partial charge in [-0.1, -0.05) is 25.6 Å². The van der Waals surface area contributed by atoms with Crippen molar-refractivity contribution in [2.75, 3.05) is 40.0 Å². The third-order valence-electron chi connectivity index (χ3n) is 5.29. The van der Waals surface area contributed by atoms with Crippen LogP contribution in [0.15, 0.2) is 23.3 Å². The number of morpholine rings is 1. The van der Waals surface area contributed by atoms with E-state index in [0.29, 0.717) is 50.4 Å². The van der Waals surface area contributed by atoms with Gasteiger partial charge in [0, 0.05) is 18.7 Å². The maximum Gasteiger partial charge on any atom is 0.422 e. The molecule has 0 spiro atoms. The molecule has 11 heteroatoms. The van der Waals surface area contributed by atoms with Crippen LogP contribution in [0, 0.1) is 0 Å². The third-order valence-corrected chi connectivity index (χ3v) is 6.52. The lowest BCUT2D eigenvalue weighted by molar-refractivity contribution is -0.153. The van der Waals surface area contributed by atoms with Crippen molar-refractivity contribution in [1.82, 2.24) is 9.91 Å². The summed E-state index contributed by atoms with van der Waals surface area (Å²) in [5, 5.41) is 5.86. The van der Waals surface area contributed by atoms with E-state index in [2.05, 4.69) is 4.90 Å². The molecule has 7 nitrogen and oxygen atoms in total. The molecular weight excluding hydrogens is 447 g/mol. The Hall–Kier alpha value is -1.98. The summed E-state index contributed by atoms with van der Waals surface area (Å²) in [7, 11) is 1.37. The Morgan fingerprint density at radius 3 is 2.56 bits per heavy atom. The molecule has 0 radical (unpaired) electrons. The number of carbonyl (C=O) groups is 1. The second-order valence-corrected chi connectivity index (χ2v) is 8.57. The third kappa shape index (κ3) is 5.87. The van der Waals surface area contributed by atoms with Crippen LogP contribution >= 0.6 is 11.8 Å². The Morgan fingerprint density at radius 1 is 1.25 bits per heavy atom. The Bertz CT molecular complexity index is 831. The molecular formula is C21H28F3N3O4S. The fourth-order valence-electron chi connectivity index (χ4n) is 3.73. The lowest BCUT2D eigenvalue weighted by Gasteiger charge is -2.40. The highest BCUT2D eigenvalue weighted by Gasteiger charge is 2.36. The smallest absolute Gasteiger partial charge is 0.422 e. The molecule has 1 amide bonds. The molecule has 2 heterocycles. The predicted molar refractivity (Wildman–Crippen MR) is 116 cm³/mol. The van der Waals surface area contributed by atoms with Crippen molar-refractivity contribution >= 4 is 22.7 Å². The van der Waals surface area contributed by atoms with Crippen LogP contribution < -0.4 is 9.47 Å². The number of hydrogen-bond donors (Lipinski definition) is 0. The predicted octanol–water partition coefficient (Wildman–Crippen LogP) is 4.36. The quantitative estimate of drug-likeness (QED) is 0.557. The number of alkyl halides is 3. The molecule has 2 atom stereocenters. The molecule has 0 saturated carbocycles. The maximum absolute atomic E-state index is 12.9. The first kappa shape index (κ1) is 24.7. The number of carbonyl (C=O) groups excluding carboxylic acids is 1. The van der Waals surface area contributed by atoms with Crippen LogP contribution in [-0.4, -0.2) is 78.5 Å². The highest BCUT2D eigenvalue weighted by molar-refractivity contribution is 8.14. The van der Waals surface area contributed by atoms with Crippen molar-refractivity contribution in [3.05, 3.63) is 23.8 Å². The van der Waals surface area contributed by atoms with Crippen molar-refractivity contribution in [1.29, 1.82) is 0 Å². The minimum absolute atomic E-state index is 0.0199. The molecule has 0 bridgehead atoms. The summed E-state index contributed by atoms with van der Waals surface area (Å²) in [5.41, 5.74) is 1.22. The van der Waals surface area contributed by atoms with Crippen LogP contribution in [0.25, 0.3) is 0 Å². The summed E-state index contributed by atoms with van der Waals surface area (Å²) in [4.78, 5) is 15.1. The number of nitrogens with zero attached hydrogens (tertiary/aromatic N) is 3. The summed E-state index contributed by atoms with van der Waals surface area (Å²) >= 11 is 1.18. The Labute approximate surface area is 189 Å². The van der Waals surface area contributed by atoms with E-state index < -0.39 is 12.8 Å². The van der Waals surface area contributed by atoms with Gasteiger partial charge in [0.25, 0.3) is 0 Å². The molecule has 2 aliphatic rings. The molecule has 1 saturated heterocycles. The minimum atomic E-state index is -4.47. The lowest BCUT2D eigenvalue weighted by Crippen LogP contribution is -2.53. The average Bonchev–Trinajstić information content (AvgIpc) is 2.79. The number of hydrogen-bond acceptors (Lipinski definition) is 7. The number of rotatable bonds is 8. The van der Waals surface area contributed by atoms with Crippen molar-refractivity contribution in [3.8, 4) is 11.5 Å². The van der Waals surface area contributed by atoms with Crippen LogP contribution in [0.1, 0.15) is 32.3 Å². The fourth-order valence-corrected chi connectivity index (χ4v) is 4.71. The maximum atomic E-state index is 12.9. The van der Waals surface area contributed by atoms with E-state index in [0.717, 1.165) is 0 Å². The van der Waals surface area contributed by atoms with E-state index in [-0.39, 0.29) is 28.2 Å². The van der Waals surface area contributed by atoms with Gasteiger partial charge in [-0.05, 0) is 31.0 Å². The fraction of sp³-hybridized carbons (Fsp3) is 0.619. The van der Waals surface area contributed by atoms with Crippen molar-refractivity contribution in [3.63, 3.8) is 0 Å². The van der Waals surface area contributed by atoms with Crippen molar-refractivity contribution in [2.24, 2.45) is 5.10 Å². The highest BCUT2D eigenvalue weighted by atomic mass is 32.2. The van der Waals surface area contributed by atoms with Crippen molar-refractivity contribution in [2.45, 2.75) is 44.3 Å². The van der Waals surface area contributed by atoms with Gasteiger partial charge in [-0.2, -0.15) is 18.3 Å². The van der Waals surface area contributed by atoms with Gasteiger partial charge in [0.05, 0.1) is 31.3 Å². The van der Waals surface area contributed by atoms with Crippen LogP contribution in [0.4, 0.5) is 18.0 Å². The second kappa shape index (κ2) is 10.8. The van der Waals surface area contributed by atoms with E-state index in [1.807, 2.05) is 13.8 Å². The van der Waals surface area contributed by atoms with Crippen LogP contribution in [-0.2, 0) is 4.74 Å². The van der Waals surface area contributed by atoms with Gasteiger partial charge in [0.15, 0.2) is 18.1 Å². The van der Waals surface area contributed by atoms with E-state index in [1.165, 1.54) is 29.9 Å². The van der Waals surface area contributed by atoms with E-state index in [4.69, 9.17) is 19.3 Å². The summed E-state index contributed by atoms with van der Waals surface area (Å²) in [6.07, 6.45) is -3.36. The topological polar surface area (TPSA) is 63.6 Å². The first-order chi connectivity index (χ1) is 15.3. The van der Waals surface area contributed by atoms with E-state index in [1.54, 1.807) is 12.1 Å². The number of hydrazone groups is 1. The number of amides is 1. The average molecular weight is 476 g/mol. The monoisotopic (exact) mass is 475 g/mol. The van der Waals surface area contributed by atoms with Crippen LogP contribution in [0.5, 0.6) is 11.5 Å². The first-order valence-electron chi connectivity index (χ1n) is 10.6. The summed E-state index contributed by atoms with van der Waals surface area (Å²) in [5.74, 6) is 0.177. The Balaban J connectivity index is 1.95. The van der Waals surface area contributed by atoms with Gasteiger partial charge in [0.1, 0.15) is 6.17 Å². The zero-order chi connectivity index (χ0) is 23.3. The minimum Gasteiger partial charge on any atom is -0.493 e. The van der Waals surface area contributed by atoms with Crippen LogP contribution in [0.3, 0.4) is 0 Å².